The van der Waals surface area contributed by atoms with Gasteiger partial charge in [0.2, 0.25) is 0 Å². The van der Waals surface area contributed by atoms with Crippen LogP contribution < -0.4 is 11.2 Å². The second kappa shape index (κ2) is 13.6. The zero-order chi connectivity index (χ0) is 26.3. The average Bonchev–Trinajstić information content (AvgIpc) is 3.09. The number of nitrogens with zero attached hydrogens (tertiary/aromatic N) is 2. The number of nitrogens with one attached hydrogen (secondary N) is 1. The van der Waals surface area contributed by atoms with Gasteiger partial charge in [-0.25, -0.2) is 9.46 Å². The predicted molar refractivity (Wildman–Crippen MR) is 136 cm³/mol. The van der Waals surface area contributed by atoms with E-state index in [0.717, 1.165) is 0 Å². The minimum Gasteiger partial charge on any atom is -0.377 e. The lowest BCUT2D eigenvalue weighted by atomic mass is 10.0. The van der Waals surface area contributed by atoms with Crippen LogP contribution in [0.5, 0.6) is 0 Å². The maximum atomic E-state index is 13.1. The van der Waals surface area contributed by atoms with Gasteiger partial charge in [-0.3, -0.25) is 18.9 Å². The van der Waals surface area contributed by atoms with Crippen LogP contribution in [0.2, 0.25) is 0 Å². The van der Waals surface area contributed by atoms with Gasteiger partial charge in [-0.1, -0.05) is 0 Å². The van der Waals surface area contributed by atoms with Crippen molar-refractivity contribution in [3.63, 3.8) is 0 Å². The molecule has 2 N–H and O–H groups in total. The van der Waals surface area contributed by atoms with Crippen molar-refractivity contribution in [3.8, 4) is 0 Å². The topological polar surface area (TPSA) is 132 Å². The van der Waals surface area contributed by atoms with Crippen molar-refractivity contribution in [2.45, 2.75) is 84.7 Å². The number of H-pyrrole nitrogens is 1. The third-order valence-corrected chi connectivity index (χ3v) is 9.95. The maximum Gasteiger partial charge on any atom is 0.330 e. The Labute approximate surface area is 208 Å². The van der Waals surface area contributed by atoms with Gasteiger partial charge in [-0.05, 0) is 60.3 Å². The quantitative estimate of drug-likeness (QED) is 0.342. The van der Waals surface area contributed by atoms with Crippen LogP contribution in [0.4, 0.5) is 0 Å². The van der Waals surface area contributed by atoms with Gasteiger partial charge in [0, 0.05) is 31.5 Å². The molecule has 0 aliphatic heterocycles. The number of ether oxygens (including phenoxy) is 1. The van der Waals surface area contributed by atoms with E-state index in [1.54, 1.807) is 13.8 Å². The minimum atomic E-state index is -3.30. The van der Waals surface area contributed by atoms with E-state index in [-0.39, 0.29) is 37.4 Å². The molecule has 0 amide bonds. The van der Waals surface area contributed by atoms with Gasteiger partial charge in [0.1, 0.15) is 6.10 Å². The van der Waals surface area contributed by atoms with Gasteiger partial charge >= 0.3 is 13.3 Å². The number of hydrogen-bond donors (Lipinski definition) is 2. The van der Waals surface area contributed by atoms with Crippen LogP contribution in [0, 0.1) is 5.92 Å². The molecule has 35 heavy (non-hydrogen) atoms. The highest BCUT2D eigenvalue weighted by Gasteiger charge is 2.48. The predicted octanol–water partition coefficient (Wildman–Crippen LogP) is 3.49. The van der Waals surface area contributed by atoms with Crippen molar-refractivity contribution >= 4 is 16.1 Å². The Morgan fingerprint density at radius 1 is 1.17 bits per heavy atom. The molecule has 0 spiro atoms. The van der Waals surface area contributed by atoms with Crippen molar-refractivity contribution < 1.29 is 27.8 Å². The van der Waals surface area contributed by atoms with E-state index in [2.05, 4.69) is 4.98 Å². The summed E-state index contributed by atoms with van der Waals surface area (Å²) in [6.07, 6.45) is 1.32. The first-order valence-corrected chi connectivity index (χ1v) is 15.0. The van der Waals surface area contributed by atoms with Gasteiger partial charge in [0.15, 0.2) is 0 Å². The van der Waals surface area contributed by atoms with E-state index < -0.39 is 45.6 Å². The molecular formula is C22H41N3O8P2. The standard InChI is InChI=1S/C22H41N3O8P2/c1-8-31-35(29,32-9-2)13-11-17-14-18(24-12-10-19(26)23-22(24)27)21(30-7)20(17)33-34(28)25(15(3)4)16(5)6/h10,12,15-18,20-21,28H,8-9,11,13-14H2,1-7H3,(H,23,26,27)/t17-,18+,20+,21-,34?/m0/s1. The van der Waals surface area contributed by atoms with Crippen molar-refractivity contribution in [2.75, 3.05) is 26.5 Å². The van der Waals surface area contributed by atoms with E-state index in [0.29, 0.717) is 12.8 Å². The molecule has 202 valence electrons. The molecule has 13 heteroatoms. The van der Waals surface area contributed by atoms with Crippen molar-refractivity contribution in [3.05, 3.63) is 33.1 Å². The van der Waals surface area contributed by atoms with Crippen LogP contribution in [-0.2, 0) is 22.9 Å². The first-order valence-electron chi connectivity index (χ1n) is 12.1. The van der Waals surface area contributed by atoms with Crippen LogP contribution in [0.1, 0.15) is 60.4 Å². The summed E-state index contributed by atoms with van der Waals surface area (Å²) in [6.45, 7) is 12.0. The summed E-state index contributed by atoms with van der Waals surface area (Å²) in [5.74, 6) is -0.212. The third kappa shape index (κ3) is 7.79. The van der Waals surface area contributed by atoms with Crippen LogP contribution in [0.15, 0.2) is 21.9 Å². The normalized spacial score (nSPS) is 24.1. The number of hydrogen-bond acceptors (Lipinski definition) is 9. The summed E-state index contributed by atoms with van der Waals surface area (Å²) in [5.41, 5.74) is -1.03. The average molecular weight is 538 g/mol. The molecule has 2 rings (SSSR count). The third-order valence-electron chi connectivity index (χ3n) is 6.09. The lowest BCUT2D eigenvalue weighted by Gasteiger charge is -2.36. The molecule has 1 saturated carbocycles. The first kappa shape index (κ1) is 30.3. The van der Waals surface area contributed by atoms with Crippen LogP contribution in [0.3, 0.4) is 0 Å². The fourth-order valence-corrected chi connectivity index (χ4v) is 7.96. The molecule has 0 radical (unpaired) electrons. The van der Waals surface area contributed by atoms with E-state index in [4.69, 9.17) is 18.3 Å². The molecule has 1 unspecified atom stereocenters. The van der Waals surface area contributed by atoms with E-state index >= 15 is 0 Å². The van der Waals surface area contributed by atoms with Crippen LogP contribution in [0.25, 0.3) is 0 Å². The van der Waals surface area contributed by atoms with Gasteiger partial charge in [-0.15, -0.1) is 0 Å². The lowest BCUT2D eigenvalue weighted by Crippen LogP contribution is -2.40. The van der Waals surface area contributed by atoms with E-state index in [1.807, 2.05) is 32.4 Å². The Morgan fingerprint density at radius 3 is 2.26 bits per heavy atom. The summed E-state index contributed by atoms with van der Waals surface area (Å²) in [5, 5.41) is 0. The number of rotatable bonds is 14. The fourth-order valence-electron chi connectivity index (χ4n) is 4.78. The summed E-state index contributed by atoms with van der Waals surface area (Å²) in [7, 11) is -3.74. The largest absolute Gasteiger partial charge is 0.377 e. The summed E-state index contributed by atoms with van der Waals surface area (Å²) in [4.78, 5) is 37.5. The fraction of sp³-hybridized carbons (Fsp3) is 0.818. The summed E-state index contributed by atoms with van der Waals surface area (Å²) >= 11 is 0. The second-order valence-corrected chi connectivity index (χ2v) is 12.5. The molecule has 1 aliphatic carbocycles. The SMILES string of the molecule is CCOP(=O)(CC[C@H]1C[C@@H](n2ccc(=O)[nH]c2=O)[C@H](OC)[C@@H]1OP(O)N(C(C)C)C(C)C)OCC. The monoisotopic (exact) mass is 537 g/mol. The highest BCUT2D eigenvalue weighted by molar-refractivity contribution is 7.53. The van der Waals surface area contributed by atoms with E-state index in [1.165, 1.54) is 23.9 Å². The first-order chi connectivity index (χ1) is 16.5. The Morgan fingerprint density at radius 2 is 1.77 bits per heavy atom. The van der Waals surface area contributed by atoms with Crippen molar-refractivity contribution in [1.29, 1.82) is 0 Å². The molecule has 1 aromatic heterocycles. The van der Waals surface area contributed by atoms with Gasteiger partial charge in [0.25, 0.3) is 14.1 Å². The van der Waals surface area contributed by atoms with Gasteiger partial charge < -0.3 is 23.2 Å². The van der Waals surface area contributed by atoms with Gasteiger partial charge in [0.05, 0.1) is 31.5 Å². The summed E-state index contributed by atoms with van der Waals surface area (Å²) in [6, 6.07) is 0.919. The highest BCUT2D eigenvalue weighted by atomic mass is 31.2. The molecule has 5 atom stereocenters. The maximum absolute atomic E-state index is 13.1. The number of aromatic nitrogens is 2. The zero-order valence-electron chi connectivity index (χ0n) is 21.7. The van der Waals surface area contributed by atoms with Gasteiger partial charge in [-0.2, -0.15) is 0 Å². The molecule has 0 aromatic carbocycles. The lowest BCUT2D eigenvalue weighted by molar-refractivity contribution is -0.0156. The van der Waals surface area contributed by atoms with Crippen molar-refractivity contribution in [2.24, 2.45) is 5.92 Å². The molecule has 1 fully saturated rings. The Hall–Kier alpha value is -0.900. The number of methoxy groups -OCH3 is 1. The van der Waals surface area contributed by atoms with Crippen LogP contribution >= 0.6 is 16.1 Å². The molecule has 1 aromatic rings. The Balaban J connectivity index is 2.39. The Bertz CT molecular complexity index is 935. The highest BCUT2D eigenvalue weighted by Crippen LogP contribution is 2.53. The molecule has 1 aliphatic rings. The molecular weight excluding hydrogens is 496 g/mol. The second-order valence-electron chi connectivity index (χ2n) is 9.13. The summed E-state index contributed by atoms with van der Waals surface area (Å²) < 4.78 is 39.4. The van der Waals surface area contributed by atoms with Crippen molar-refractivity contribution in [1.82, 2.24) is 14.2 Å². The minimum absolute atomic E-state index is 0.0423. The Kier molecular flexibility index (Phi) is 11.8. The molecule has 1 heterocycles. The molecule has 0 saturated heterocycles. The van der Waals surface area contributed by atoms with Crippen LogP contribution in [-0.4, -0.2) is 69.9 Å². The smallest absolute Gasteiger partial charge is 0.330 e. The number of aromatic amines is 1. The zero-order valence-corrected chi connectivity index (χ0v) is 23.5. The molecule has 0 bridgehead atoms. The van der Waals surface area contributed by atoms with E-state index in [9.17, 15) is 19.0 Å². The molecule has 11 nitrogen and oxygen atoms in total.